The van der Waals surface area contributed by atoms with Crippen LogP contribution in [0.5, 0.6) is 0 Å². The van der Waals surface area contributed by atoms with Crippen LogP contribution in [-0.2, 0) is 19.4 Å². The highest BCUT2D eigenvalue weighted by atomic mass is 35.5. The van der Waals surface area contributed by atoms with Crippen molar-refractivity contribution in [3.8, 4) is 0 Å². The lowest BCUT2D eigenvalue weighted by Gasteiger charge is -2.11. The highest BCUT2D eigenvalue weighted by Crippen LogP contribution is 2.25. The Morgan fingerprint density at radius 3 is 2.58 bits per heavy atom. The minimum Gasteiger partial charge on any atom is -0.309 e. The number of halogens is 2. The Bertz CT molecular complexity index is 580. The van der Waals surface area contributed by atoms with Crippen LogP contribution in [0, 0.1) is 5.82 Å². The van der Waals surface area contributed by atoms with E-state index < -0.39 is 0 Å². The van der Waals surface area contributed by atoms with Gasteiger partial charge in [0, 0.05) is 17.6 Å². The van der Waals surface area contributed by atoms with Crippen LogP contribution in [-0.4, -0.2) is 6.04 Å². The minimum absolute atomic E-state index is 0.188. The summed E-state index contributed by atoms with van der Waals surface area (Å²) in [6, 6.07) is 13.2. The molecule has 3 heteroatoms. The number of hydrogen-bond acceptors (Lipinski definition) is 1. The zero-order chi connectivity index (χ0) is 13.2. The topological polar surface area (TPSA) is 12.0 Å². The first kappa shape index (κ1) is 12.6. The Morgan fingerprint density at radius 1 is 1.05 bits per heavy atom. The maximum absolute atomic E-state index is 12.8. The Balaban J connectivity index is 1.60. The third-order valence-corrected chi connectivity index (χ3v) is 3.84. The quantitative estimate of drug-likeness (QED) is 0.900. The normalized spacial score (nSPS) is 17.5. The van der Waals surface area contributed by atoms with E-state index in [1.54, 1.807) is 0 Å². The standard InChI is InChI=1S/C16H15ClFN/c17-14-4-3-12-8-16(9-13(12)7-14)19-10-11-1-5-15(18)6-2-11/h1-7,16,19H,8-10H2. The molecule has 3 rings (SSSR count). The van der Waals surface area contributed by atoms with Crippen molar-refractivity contribution in [2.24, 2.45) is 0 Å². The van der Waals surface area contributed by atoms with E-state index in [1.807, 2.05) is 18.2 Å². The molecule has 0 saturated carbocycles. The lowest BCUT2D eigenvalue weighted by Crippen LogP contribution is -2.28. The lowest BCUT2D eigenvalue weighted by molar-refractivity contribution is 0.532. The van der Waals surface area contributed by atoms with Crippen molar-refractivity contribution in [1.82, 2.24) is 5.32 Å². The molecule has 0 aromatic heterocycles. The maximum atomic E-state index is 12.8. The van der Waals surface area contributed by atoms with Gasteiger partial charge in [0.1, 0.15) is 5.82 Å². The van der Waals surface area contributed by atoms with E-state index in [4.69, 9.17) is 11.6 Å². The van der Waals surface area contributed by atoms with E-state index in [0.29, 0.717) is 6.04 Å². The molecule has 1 aliphatic carbocycles. The fourth-order valence-electron chi connectivity index (χ4n) is 2.60. The molecule has 0 heterocycles. The van der Waals surface area contributed by atoms with Gasteiger partial charge in [-0.25, -0.2) is 4.39 Å². The molecule has 98 valence electrons. The highest BCUT2D eigenvalue weighted by molar-refractivity contribution is 6.30. The molecule has 1 aliphatic rings. The summed E-state index contributed by atoms with van der Waals surface area (Å²) in [6.07, 6.45) is 2.05. The zero-order valence-corrected chi connectivity index (χ0v) is 11.3. The van der Waals surface area contributed by atoms with Gasteiger partial charge in [-0.05, 0) is 53.8 Å². The largest absolute Gasteiger partial charge is 0.309 e. The van der Waals surface area contributed by atoms with Crippen molar-refractivity contribution in [2.75, 3.05) is 0 Å². The van der Waals surface area contributed by atoms with E-state index in [2.05, 4.69) is 17.4 Å². The second kappa shape index (κ2) is 5.32. The second-order valence-corrected chi connectivity index (χ2v) is 5.46. The smallest absolute Gasteiger partial charge is 0.123 e. The van der Waals surface area contributed by atoms with Crippen LogP contribution in [0.25, 0.3) is 0 Å². The molecule has 19 heavy (non-hydrogen) atoms. The van der Waals surface area contributed by atoms with Gasteiger partial charge in [0.2, 0.25) is 0 Å². The molecule has 0 bridgehead atoms. The van der Waals surface area contributed by atoms with Crippen molar-refractivity contribution in [3.63, 3.8) is 0 Å². The fourth-order valence-corrected chi connectivity index (χ4v) is 2.79. The van der Waals surface area contributed by atoms with Gasteiger partial charge in [-0.15, -0.1) is 0 Å². The monoisotopic (exact) mass is 275 g/mol. The average Bonchev–Trinajstić information content (AvgIpc) is 2.80. The van der Waals surface area contributed by atoms with Gasteiger partial charge in [0.25, 0.3) is 0 Å². The summed E-state index contributed by atoms with van der Waals surface area (Å²) < 4.78 is 12.8. The SMILES string of the molecule is Fc1ccc(CNC2Cc3ccc(Cl)cc3C2)cc1. The molecule has 1 unspecified atom stereocenters. The fraction of sp³-hybridized carbons (Fsp3) is 0.250. The van der Waals surface area contributed by atoms with Crippen LogP contribution < -0.4 is 5.32 Å². The third kappa shape index (κ3) is 2.96. The second-order valence-electron chi connectivity index (χ2n) is 5.03. The number of fused-ring (bicyclic) bond motifs is 1. The van der Waals surface area contributed by atoms with Gasteiger partial charge < -0.3 is 5.32 Å². The Labute approximate surface area is 117 Å². The summed E-state index contributed by atoms with van der Waals surface area (Å²) >= 11 is 6.00. The van der Waals surface area contributed by atoms with Crippen molar-refractivity contribution in [2.45, 2.75) is 25.4 Å². The van der Waals surface area contributed by atoms with E-state index in [9.17, 15) is 4.39 Å². The van der Waals surface area contributed by atoms with E-state index in [1.165, 1.54) is 23.3 Å². The van der Waals surface area contributed by atoms with E-state index in [0.717, 1.165) is 30.0 Å². The van der Waals surface area contributed by atoms with Gasteiger partial charge in [-0.1, -0.05) is 29.8 Å². The first-order valence-corrected chi connectivity index (χ1v) is 6.83. The number of benzene rings is 2. The van der Waals surface area contributed by atoms with Crippen molar-refractivity contribution >= 4 is 11.6 Å². The molecule has 0 aliphatic heterocycles. The molecule has 2 aromatic carbocycles. The third-order valence-electron chi connectivity index (χ3n) is 3.61. The van der Waals surface area contributed by atoms with Gasteiger partial charge in [0.15, 0.2) is 0 Å². The summed E-state index contributed by atoms with van der Waals surface area (Å²) in [4.78, 5) is 0. The Kier molecular flexibility index (Phi) is 3.54. The summed E-state index contributed by atoms with van der Waals surface area (Å²) in [7, 11) is 0. The van der Waals surface area contributed by atoms with Crippen LogP contribution >= 0.6 is 11.6 Å². The lowest BCUT2D eigenvalue weighted by atomic mass is 10.1. The van der Waals surface area contributed by atoms with Crippen LogP contribution in [0.4, 0.5) is 4.39 Å². The molecular formula is C16H15ClFN. The van der Waals surface area contributed by atoms with Gasteiger partial charge in [0.05, 0.1) is 0 Å². The zero-order valence-electron chi connectivity index (χ0n) is 10.5. The summed E-state index contributed by atoms with van der Waals surface area (Å²) in [5.41, 5.74) is 3.82. The van der Waals surface area contributed by atoms with Gasteiger partial charge >= 0.3 is 0 Å². The van der Waals surface area contributed by atoms with Crippen molar-refractivity contribution in [1.29, 1.82) is 0 Å². The number of nitrogens with one attached hydrogen (secondary N) is 1. The first-order valence-electron chi connectivity index (χ1n) is 6.46. The van der Waals surface area contributed by atoms with E-state index >= 15 is 0 Å². The summed E-state index contributed by atoms with van der Waals surface area (Å²) in [5.74, 6) is -0.188. The van der Waals surface area contributed by atoms with Crippen molar-refractivity contribution < 1.29 is 4.39 Å². The van der Waals surface area contributed by atoms with Crippen molar-refractivity contribution in [3.05, 3.63) is 70.0 Å². The molecule has 2 aromatic rings. The minimum atomic E-state index is -0.188. The van der Waals surface area contributed by atoms with E-state index in [-0.39, 0.29) is 5.82 Å². The summed E-state index contributed by atoms with van der Waals surface area (Å²) in [5, 5.41) is 4.32. The molecule has 0 radical (unpaired) electrons. The molecule has 1 nitrogen and oxygen atoms in total. The molecule has 0 spiro atoms. The molecule has 1 N–H and O–H groups in total. The maximum Gasteiger partial charge on any atom is 0.123 e. The first-order chi connectivity index (χ1) is 9.20. The molecule has 0 amide bonds. The predicted octanol–water partition coefficient (Wildman–Crippen LogP) is 3.74. The molecule has 0 fully saturated rings. The Hall–Kier alpha value is -1.38. The van der Waals surface area contributed by atoms with Crippen LogP contribution in [0.2, 0.25) is 5.02 Å². The van der Waals surface area contributed by atoms with Gasteiger partial charge in [-0.2, -0.15) is 0 Å². The van der Waals surface area contributed by atoms with Gasteiger partial charge in [-0.3, -0.25) is 0 Å². The predicted molar refractivity (Wildman–Crippen MR) is 75.9 cm³/mol. The van der Waals surface area contributed by atoms with Crippen LogP contribution in [0.15, 0.2) is 42.5 Å². The molecular weight excluding hydrogens is 261 g/mol. The Morgan fingerprint density at radius 2 is 1.79 bits per heavy atom. The van der Waals surface area contributed by atoms with Crippen LogP contribution in [0.3, 0.4) is 0 Å². The average molecular weight is 276 g/mol. The van der Waals surface area contributed by atoms with Crippen LogP contribution in [0.1, 0.15) is 16.7 Å². The highest BCUT2D eigenvalue weighted by Gasteiger charge is 2.20. The molecule has 1 atom stereocenters. The molecule has 0 saturated heterocycles. The summed E-state index contributed by atoms with van der Waals surface area (Å²) in [6.45, 7) is 0.771. The number of rotatable bonds is 3. The number of hydrogen-bond donors (Lipinski definition) is 1.